The lowest BCUT2D eigenvalue weighted by atomic mass is 10.1. The molecule has 0 saturated heterocycles. The first-order valence-corrected chi connectivity index (χ1v) is 6.76. The van der Waals surface area contributed by atoms with Gasteiger partial charge in [-0.15, -0.1) is 0 Å². The molecule has 20 heavy (non-hydrogen) atoms. The van der Waals surface area contributed by atoms with E-state index in [1.54, 1.807) is 36.5 Å². The number of hydrogen-bond acceptors (Lipinski definition) is 3. The number of benzene rings is 1. The summed E-state index contributed by atoms with van der Waals surface area (Å²) in [4.78, 5) is 14.2. The minimum Gasteiger partial charge on any atom is -0.385 e. The van der Waals surface area contributed by atoms with Crippen molar-refractivity contribution in [1.82, 2.24) is 15.1 Å². The first kappa shape index (κ1) is 14.4. The number of H-pyrrole nitrogens is 1. The van der Waals surface area contributed by atoms with Gasteiger partial charge in [-0.3, -0.25) is 9.89 Å². The second kappa shape index (κ2) is 6.43. The number of rotatable bonds is 5. The Morgan fingerprint density at radius 1 is 1.50 bits per heavy atom. The highest BCUT2D eigenvalue weighted by atomic mass is 35.5. The van der Waals surface area contributed by atoms with Gasteiger partial charge < -0.3 is 10.2 Å². The first-order chi connectivity index (χ1) is 9.61. The van der Waals surface area contributed by atoms with Gasteiger partial charge in [0.15, 0.2) is 0 Å². The van der Waals surface area contributed by atoms with Gasteiger partial charge in [0.25, 0.3) is 5.91 Å². The van der Waals surface area contributed by atoms with Crippen LogP contribution in [0.4, 0.5) is 5.69 Å². The van der Waals surface area contributed by atoms with Crippen molar-refractivity contribution in [3.8, 4) is 0 Å². The van der Waals surface area contributed by atoms with Gasteiger partial charge in [-0.05, 0) is 25.1 Å². The molecular formula is C14H17ClN4O. The highest BCUT2D eigenvalue weighted by molar-refractivity contribution is 6.31. The van der Waals surface area contributed by atoms with Crippen LogP contribution in [-0.2, 0) is 6.54 Å². The van der Waals surface area contributed by atoms with E-state index >= 15 is 0 Å². The summed E-state index contributed by atoms with van der Waals surface area (Å²) in [5.41, 5.74) is 2.32. The van der Waals surface area contributed by atoms with Gasteiger partial charge in [0.1, 0.15) is 0 Å². The fourth-order valence-corrected chi connectivity index (χ4v) is 2.13. The average Bonchev–Trinajstić information content (AvgIpc) is 2.93. The third-order valence-electron chi connectivity index (χ3n) is 2.90. The molecule has 1 heterocycles. The minimum absolute atomic E-state index is 0.0790. The second-order valence-corrected chi connectivity index (χ2v) is 4.92. The number of aromatic amines is 1. The summed E-state index contributed by atoms with van der Waals surface area (Å²) in [5.74, 6) is -0.0790. The summed E-state index contributed by atoms with van der Waals surface area (Å²) in [7, 11) is 1.76. The number of hydrogen-bond donors (Lipinski definition) is 2. The molecule has 0 spiro atoms. The lowest BCUT2D eigenvalue weighted by molar-refractivity contribution is 0.0786. The van der Waals surface area contributed by atoms with Gasteiger partial charge >= 0.3 is 0 Å². The van der Waals surface area contributed by atoms with E-state index in [0.29, 0.717) is 17.1 Å². The number of amides is 1. The zero-order chi connectivity index (χ0) is 14.5. The average molecular weight is 293 g/mol. The van der Waals surface area contributed by atoms with Crippen molar-refractivity contribution in [3.05, 3.63) is 46.7 Å². The van der Waals surface area contributed by atoms with Crippen LogP contribution in [0.25, 0.3) is 0 Å². The summed E-state index contributed by atoms with van der Waals surface area (Å²) in [6, 6.07) is 5.28. The maximum absolute atomic E-state index is 12.5. The van der Waals surface area contributed by atoms with Crippen molar-refractivity contribution in [2.24, 2.45) is 0 Å². The smallest absolute Gasteiger partial charge is 0.256 e. The Morgan fingerprint density at radius 3 is 2.95 bits per heavy atom. The molecule has 0 fully saturated rings. The van der Waals surface area contributed by atoms with Gasteiger partial charge in [0.2, 0.25) is 0 Å². The molecule has 5 nitrogen and oxygen atoms in total. The van der Waals surface area contributed by atoms with Crippen LogP contribution < -0.4 is 5.32 Å². The predicted octanol–water partition coefficient (Wildman–Crippen LogP) is 2.77. The lowest BCUT2D eigenvalue weighted by Gasteiger charge is -2.19. The SMILES string of the molecule is CCNc1ccc(Cl)cc1C(=O)N(C)Cc1cn[nH]c1. The van der Waals surface area contributed by atoms with Crippen molar-refractivity contribution >= 4 is 23.2 Å². The molecule has 0 aliphatic heterocycles. The van der Waals surface area contributed by atoms with Crippen LogP contribution in [0.2, 0.25) is 5.02 Å². The molecule has 2 aromatic rings. The summed E-state index contributed by atoms with van der Waals surface area (Å²) in [5, 5.41) is 10.3. The topological polar surface area (TPSA) is 61.0 Å². The number of halogens is 1. The zero-order valence-corrected chi connectivity index (χ0v) is 12.2. The van der Waals surface area contributed by atoms with Gasteiger partial charge in [0, 0.05) is 42.6 Å². The van der Waals surface area contributed by atoms with E-state index in [0.717, 1.165) is 17.8 Å². The van der Waals surface area contributed by atoms with E-state index in [4.69, 9.17) is 11.6 Å². The largest absolute Gasteiger partial charge is 0.385 e. The van der Waals surface area contributed by atoms with Gasteiger partial charge in [0.05, 0.1) is 11.8 Å². The van der Waals surface area contributed by atoms with E-state index < -0.39 is 0 Å². The molecule has 0 saturated carbocycles. The molecule has 6 heteroatoms. The van der Waals surface area contributed by atoms with Crippen molar-refractivity contribution in [3.63, 3.8) is 0 Å². The Labute approximate surface area is 122 Å². The third kappa shape index (κ3) is 3.30. The quantitative estimate of drug-likeness (QED) is 0.891. The van der Waals surface area contributed by atoms with Gasteiger partial charge in [-0.2, -0.15) is 5.10 Å². The molecule has 0 radical (unpaired) electrons. The van der Waals surface area contributed by atoms with Crippen molar-refractivity contribution in [1.29, 1.82) is 0 Å². The molecule has 1 aromatic carbocycles. The molecule has 2 rings (SSSR count). The molecule has 106 valence electrons. The molecule has 0 aliphatic rings. The maximum atomic E-state index is 12.5. The van der Waals surface area contributed by atoms with Crippen molar-refractivity contribution in [2.75, 3.05) is 18.9 Å². The summed E-state index contributed by atoms with van der Waals surface area (Å²) in [6.45, 7) is 3.22. The van der Waals surface area contributed by atoms with Crippen LogP contribution in [0.3, 0.4) is 0 Å². The molecular weight excluding hydrogens is 276 g/mol. The van der Waals surface area contributed by atoms with Gasteiger partial charge in [-0.25, -0.2) is 0 Å². The predicted molar refractivity (Wildman–Crippen MR) is 80.0 cm³/mol. The van der Waals surface area contributed by atoms with Crippen LogP contribution in [-0.4, -0.2) is 34.6 Å². The Morgan fingerprint density at radius 2 is 2.30 bits per heavy atom. The van der Waals surface area contributed by atoms with Gasteiger partial charge in [-0.1, -0.05) is 11.6 Å². The Bertz CT molecular complexity index is 583. The monoisotopic (exact) mass is 292 g/mol. The number of aromatic nitrogens is 2. The Hall–Kier alpha value is -2.01. The highest BCUT2D eigenvalue weighted by Crippen LogP contribution is 2.22. The van der Waals surface area contributed by atoms with Crippen LogP contribution in [0.1, 0.15) is 22.8 Å². The summed E-state index contributed by atoms with van der Waals surface area (Å²) >= 11 is 5.99. The molecule has 1 amide bonds. The molecule has 0 atom stereocenters. The zero-order valence-electron chi connectivity index (χ0n) is 11.5. The van der Waals surface area contributed by atoms with Crippen molar-refractivity contribution in [2.45, 2.75) is 13.5 Å². The number of carbonyl (C=O) groups excluding carboxylic acids is 1. The summed E-state index contributed by atoms with van der Waals surface area (Å²) < 4.78 is 0. The first-order valence-electron chi connectivity index (χ1n) is 6.38. The summed E-state index contributed by atoms with van der Waals surface area (Å²) in [6.07, 6.45) is 3.47. The molecule has 0 aliphatic carbocycles. The fraction of sp³-hybridized carbons (Fsp3) is 0.286. The van der Waals surface area contributed by atoms with Crippen LogP contribution in [0.5, 0.6) is 0 Å². The normalized spacial score (nSPS) is 10.3. The maximum Gasteiger partial charge on any atom is 0.256 e. The van der Waals surface area contributed by atoms with E-state index in [1.807, 2.05) is 13.0 Å². The highest BCUT2D eigenvalue weighted by Gasteiger charge is 2.16. The van der Waals surface area contributed by atoms with Crippen LogP contribution in [0.15, 0.2) is 30.6 Å². The van der Waals surface area contributed by atoms with E-state index in [-0.39, 0.29) is 5.91 Å². The number of nitrogens with zero attached hydrogens (tertiary/aromatic N) is 2. The fourth-order valence-electron chi connectivity index (χ4n) is 1.95. The standard InChI is InChI=1S/C14H17ClN4O/c1-3-16-13-5-4-11(15)6-12(13)14(20)19(2)9-10-7-17-18-8-10/h4-8,16H,3,9H2,1-2H3,(H,17,18). The minimum atomic E-state index is -0.0790. The molecule has 0 bridgehead atoms. The Balaban J connectivity index is 2.21. The van der Waals surface area contributed by atoms with Crippen molar-refractivity contribution < 1.29 is 4.79 Å². The third-order valence-corrected chi connectivity index (χ3v) is 3.14. The lowest BCUT2D eigenvalue weighted by Crippen LogP contribution is -2.27. The number of anilines is 1. The number of carbonyl (C=O) groups is 1. The Kier molecular flexibility index (Phi) is 4.63. The van der Waals surface area contributed by atoms with E-state index in [1.165, 1.54) is 0 Å². The second-order valence-electron chi connectivity index (χ2n) is 4.49. The molecule has 0 unspecified atom stereocenters. The van der Waals surface area contributed by atoms with E-state index in [2.05, 4.69) is 15.5 Å². The number of nitrogens with one attached hydrogen (secondary N) is 2. The van der Waals surface area contributed by atoms with Crippen LogP contribution >= 0.6 is 11.6 Å². The molecule has 2 N–H and O–H groups in total. The molecule has 1 aromatic heterocycles. The van der Waals surface area contributed by atoms with Crippen LogP contribution in [0, 0.1) is 0 Å². The van der Waals surface area contributed by atoms with E-state index in [9.17, 15) is 4.79 Å².